The van der Waals surface area contributed by atoms with E-state index in [1.54, 1.807) is 19.9 Å². The minimum Gasteiger partial charge on any atom is -0.494 e. The number of urea groups is 1. The van der Waals surface area contributed by atoms with Crippen molar-refractivity contribution in [3.05, 3.63) is 39.5 Å². The first kappa shape index (κ1) is 17.3. The zero-order valence-electron chi connectivity index (χ0n) is 13.2. The minimum atomic E-state index is -0.613. The fraction of sp³-hybridized carbons (Fsp3) is 0.375. The maximum absolute atomic E-state index is 12.3. The van der Waals surface area contributed by atoms with Crippen molar-refractivity contribution in [3.8, 4) is 5.75 Å². The Morgan fingerprint density at radius 1 is 1.30 bits per heavy atom. The summed E-state index contributed by atoms with van der Waals surface area (Å²) in [6.45, 7) is 6.10. The predicted octanol–water partition coefficient (Wildman–Crippen LogP) is 3.04. The van der Waals surface area contributed by atoms with Crippen LogP contribution >= 0.6 is 15.9 Å². The SMILES string of the molecule is CCOC(=O)C1=C(C)NC(=O)NC1c1cc(OCC)ccc1Br. The molecule has 0 saturated heterocycles. The van der Waals surface area contributed by atoms with Crippen LogP contribution in [0.25, 0.3) is 0 Å². The number of ether oxygens (including phenoxy) is 2. The average molecular weight is 383 g/mol. The highest BCUT2D eigenvalue weighted by molar-refractivity contribution is 9.10. The van der Waals surface area contributed by atoms with E-state index in [1.165, 1.54) is 0 Å². The molecule has 1 aromatic rings. The summed E-state index contributed by atoms with van der Waals surface area (Å²) in [5, 5.41) is 5.38. The molecule has 1 aromatic carbocycles. The Bertz CT molecular complexity index is 657. The van der Waals surface area contributed by atoms with Crippen molar-refractivity contribution in [1.82, 2.24) is 10.6 Å². The van der Waals surface area contributed by atoms with Crippen molar-refractivity contribution in [1.29, 1.82) is 0 Å². The molecule has 124 valence electrons. The molecule has 0 fully saturated rings. The molecule has 23 heavy (non-hydrogen) atoms. The summed E-state index contributed by atoms with van der Waals surface area (Å²) in [4.78, 5) is 24.2. The summed E-state index contributed by atoms with van der Waals surface area (Å²) in [6.07, 6.45) is 0. The second kappa shape index (κ2) is 7.50. The second-order valence-corrected chi connectivity index (χ2v) is 5.76. The van der Waals surface area contributed by atoms with E-state index in [4.69, 9.17) is 9.47 Å². The first-order valence-electron chi connectivity index (χ1n) is 7.35. The van der Waals surface area contributed by atoms with E-state index in [0.717, 1.165) is 10.0 Å². The Hall–Kier alpha value is -2.02. The molecule has 1 unspecified atom stereocenters. The molecule has 6 nitrogen and oxygen atoms in total. The molecule has 0 radical (unpaired) electrons. The zero-order valence-corrected chi connectivity index (χ0v) is 14.8. The average Bonchev–Trinajstić information content (AvgIpc) is 2.48. The van der Waals surface area contributed by atoms with Gasteiger partial charge in [-0.2, -0.15) is 0 Å². The molecule has 0 aliphatic carbocycles. The molecular formula is C16H19BrN2O4. The van der Waals surface area contributed by atoms with E-state index in [2.05, 4.69) is 26.6 Å². The third-order valence-electron chi connectivity index (χ3n) is 3.35. The lowest BCUT2D eigenvalue weighted by atomic mass is 9.95. The summed E-state index contributed by atoms with van der Waals surface area (Å²) in [6, 6.07) is 4.47. The van der Waals surface area contributed by atoms with E-state index < -0.39 is 12.0 Å². The van der Waals surface area contributed by atoms with Crippen LogP contribution < -0.4 is 15.4 Å². The van der Waals surface area contributed by atoms with Crippen LogP contribution in [0.5, 0.6) is 5.75 Å². The smallest absolute Gasteiger partial charge is 0.338 e. The van der Waals surface area contributed by atoms with Gasteiger partial charge in [-0.25, -0.2) is 9.59 Å². The Morgan fingerprint density at radius 3 is 2.70 bits per heavy atom. The number of esters is 1. The number of benzene rings is 1. The maximum atomic E-state index is 12.3. The lowest BCUT2D eigenvalue weighted by Crippen LogP contribution is -2.45. The lowest BCUT2D eigenvalue weighted by Gasteiger charge is -2.29. The van der Waals surface area contributed by atoms with Crippen LogP contribution in [-0.2, 0) is 9.53 Å². The van der Waals surface area contributed by atoms with Gasteiger partial charge in [0.1, 0.15) is 5.75 Å². The Balaban J connectivity index is 2.49. The van der Waals surface area contributed by atoms with E-state index in [1.807, 2.05) is 19.1 Å². The molecule has 2 rings (SSSR count). The van der Waals surface area contributed by atoms with Crippen molar-refractivity contribution >= 4 is 27.9 Å². The third-order valence-corrected chi connectivity index (χ3v) is 4.08. The first-order chi connectivity index (χ1) is 11.0. The van der Waals surface area contributed by atoms with Crippen LogP contribution in [0.15, 0.2) is 33.9 Å². The highest BCUT2D eigenvalue weighted by Gasteiger charge is 2.33. The number of amides is 2. The number of allylic oxidation sites excluding steroid dienone is 1. The van der Waals surface area contributed by atoms with E-state index in [0.29, 0.717) is 23.6 Å². The van der Waals surface area contributed by atoms with Gasteiger partial charge in [0.2, 0.25) is 0 Å². The van der Waals surface area contributed by atoms with Crippen molar-refractivity contribution in [3.63, 3.8) is 0 Å². The molecule has 7 heteroatoms. The molecule has 0 aromatic heterocycles. The molecule has 1 aliphatic rings. The predicted molar refractivity (Wildman–Crippen MR) is 89.1 cm³/mol. The van der Waals surface area contributed by atoms with Crippen molar-refractivity contribution < 1.29 is 19.1 Å². The van der Waals surface area contributed by atoms with Crippen LogP contribution in [-0.4, -0.2) is 25.2 Å². The quantitative estimate of drug-likeness (QED) is 0.767. The Kier molecular flexibility index (Phi) is 5.65. The highest BCUT2D eigenvalue weighted by Crippen LogP contribution is 2.34. The number of halogens is 1. The van der Waals surface area contributed by atoms with Gasteiger partial charge >= 0.3 is 12.0 Å². The molecular weight excluding hydrogens is 364 g/mol. The largest absolute Gasteiger partial charge is 0.494 e. The number of hydrogen-bond donors (Lipinski definition) is 2. The Labute approximate surface area is 143 Å². The van der Waals surface area contributed by atoms with Gasteiger partial charge < -0.3 is 20.1 Å². The van der Waals surface area contributed by atoms with Gasteiger partial charge in [-0.05, 0) is 44.5 Å². The zero-order chi connectivity index (χ0) is 17.0. The fourth-order valence-corrected chi connectivity index (χ4v) is 2.88. The van der Waals surface area contributed by atoms with Crippen LogP contribution in [0, 0.1) is 0 Å². The van der Waals surface area contributed by atoms with Gasteiger partial charge in [0.15, 0.2) is 0 Å². The van der Waals surface area contributed by atoms with E-state index >= 15 is 0 Å². The van der Waals surface area contributed by atoms with Gasteiger partial charge in [0.25, 0.3) is 0 Å². The normalized spacial score (nSPS) is 17.4. The lowest BCUT2D eigenvalue weighted by molar-refractivity contribution is -0.139. The number of carbonyl (C=O) groups excluding carboxylic acids is 2. The number of nitrogens with one attached hydrogen (secondary N) is 2. The maximum Gasteiger partial charge on any atom is 0.338 e. The van der Waals surface area contributed by atoms with Crippen LogP contribution in [0.2, 0.25) is 0 Å². The minimum absolute atomic E-state index is 0.260. The highest BCUT2D eigenvalue weighted by atomic mass is 79.9. The molecule has 0 bridgehead atoms. The summed E-state index contributed by atoms with van der Waals surface area (Å²) in [5.74, 6) is 0.204. The molecule has 2 amide bonds. The Morgan fingerprint density at radius 2 is 2.04 bits per heavy atom. The molecule has 2 N–H and O–H groups in total. The molecule has 0 saturated carbocycles. The topological polar surface area (TPSA) is 76.7 Å². The van der Waals surface area contributed by atoms with Crippen LogP contribution in [0.1, 0.15) is 32.4 Å². The first-order valence-corrected chi connectivity index (χ1v) is 8.14. The van der Waals surface area contributed by atoms with E-state index in [-0.39, 0.29) is 12.6 Å². The van der Waals surface area contributed by atoms with Crippen LogP contribution in [0.4, 0.5) is 4.79 Å². The van der Waals surface area contributed by atoms with Gasteiger partial charge in [-0.1, -0.05) is 15.9 Å². The van der Waals surface area contributed by atoms with Crippen LogP contribution in [0.3, 0.4) is 0 Å². The van der Waals surface area contributed by atoms with Crippen molar-refractivity contribution in [2.24, 2.45) is 0 Å². The summed E-state index contributed by atoms with van der Waals surface area (Å²) in [7, 11) is 0. The molecule has 0 spiro atoms. The number of carbonyl (C=O) groups is 2. The van der Waals surface area contributed by atoms with Crippen molar-refractivity contribution in [2.45, 2.75) is 26.8 Å². The van der Waals surface area contributed by atoms with E-state index in [9.17, 15) is 9.59 Å². The second-order valence-electron chi connectivity index (χ2n) is 4.91. The van der Waals surface area contributed by atoms with Gasteiger partial charge in [0.05, 0.1) is 24.8 Å². The molecule has 1 atom stereocenters. The standard InChI is InChI=1S/C16H19BrN2O4/c1-4-22-10-6-7-12(17)11(8-10)14-13(15(20)23-5-2)9(3)18-16(21)19-14/h6-8,14H,4-5H2,1-3H3,(H2,18,19,21). The summed E-state index contributed by atoms with van der Waals surface area (Å²) >= 11 is 3.47. The third kappa shape index (κ3) is 3.85. The molecule has 1 heterocycles. The van der Waals surface area contributed by atoms with Gasteiger partial charge in [-0.15, -0.1) is 0 Å². The summed E-state index contributed by atoms with van der Waals surface area (Å²) < 4.78 is 11.4. The number of rotatable bonds is 5. The van der Waals surface area contributed by atoms with Gasteiger partial charge in [0, 0.05) is 10.2 Å². The number of hydrogen-bond acceptors (Lipinski definition) is 4. The fourth-order valence-electron chi connectivity index (χ4n) is 2.41. The molecule has 1 aliphatic heterocycles. The van der Waals surface area contributed by atoms with Gasteiger partial charge in [-0.3, -0.25) is 0 Å². The monoisotopic (exact) mass is 382 g/mol. The van der Waals surface area contributed by atoms with Crippen molar-refractivity contribution in [2.75, 3.05) is 13.2 Å². The summed E-state index contributed by atoms with van der Waals surface area (Å²) in [5.41, 5.74) is 1.58.